The number of ether oxygens (including phenoxy) is 4. The fourth-order valence-corrected chi connectivity index (χ4v) is 4.27. The largest absolute Gasteiger partial charge is 0.493 e. The molecule has 0 saturated carbocycles. The number of rotatable bonds is 6. The first-order valence-electron chi connectivity index (χ1n) is 10.0. The van der Waals surface area contributed by atoms with Crippen LogP contribution in [0, 0.1) is 5.92 Å². The fourth-order valence-electron chi connectivity index (χ4n) is 4.27. The Hall–Kier alpha value is -2.96. The Bertz CT molecular complexity index is 915. The number of fused-ring (bicyclic) bond motifs is 1. The fraction of sp³-hybridized carbons (Fsp3) is 0.478. The van der Waals surface area contributed by atoms with Gasteiger partial charge in [-0.1, -0.05) is 12.1 Å². The third-order valence-corrected chi connectivity index (χ3v) is 5.45. The van der Waals surface area contributed by atoms with Gasteiger partial charge in [-0.3, -0.25) is 4.79 Å². The van der Waals surface area contributed by atoms with Gasteiger partial charge in [-0.05, 0) is 33.3 Å². The van der Waals surface area contributed by atoms with Gasteiger partial charge in [-0.2, -0.15) is 0 Å². The molecule has 2 aliphatic rings. The second-order valence-electron chi connectivity index (χ2n) is 7.66. The Morgan fingerprint density at radius 1 is 1.07 bits per heavy atom. The summed E-state index contributed by atoms with van der Waals surface area (Å²) in [6.45, 7) is 5.42. The van der Waals surface area contributed by atoms with E-state index in [1.807, 2.05) is 19.1 Å². The van der Waals surface area contributed by atoms with E-state index in [1.165, 1.54) is 14.2 Å². The zero-order chi connectivity index (χ0) is 22.0. The Labute approximate surface area is 177 Å². The molecule has 1 N–H and O–H groups in total. The summed E-state index contributed by atoms with van der Waals surface area (Å²) >= 11 is 0. The van der Waals surface area contributed by atoms with E-state index in [4.69, 9.17) is 18.9 Å². The third kappa shape index (κ3) is 3.76. The number of hydrogen-bond acceptors (Lipinski definition) is 7. The van der Waals surface area contributed by atoms with E-state index in [1.54, 1.807) is 27.0 Å². The molecule has 0 saturated heterocycles. The first-order valence-corrected chi connectivity index (χ1v) is 10.0. The Morgan fingerprint density at radius 3 is 2.37 bits per heavy atom. The van der Waals surface area contributed by atoms with Crippen LogP contribution >= 0.6 is 0 Å². The number of Topliss-reactive ketones (excluding diaryl/α,β-unsaturated/α-hetero) is 1. The summed E-state index contributed by atoms with van der Waals surface area (Å²) in [4.78, 5) is 26.1. The minimum absolute atomic E-state index is 0.0733. The molecule has 0 amide bonds. The standard InChI is InChI=1S/C23H29NO6/c1-12(2)30-23(26)18-13(3)24-15-8-7-9-16(25)20(15)19(18)14-10-11-17(27-4)22(29-6)21(14)28-5/h8,10-12,19-20,24H,7,9H2,1-6H3. The summed E-state index contributed by atoms with van der Waals surface area (Å²) in [5.41, 5.74) is 2.58. The van der Waals surface area contributed by atoms with E-state index in [0.717, 1.165) is 5.70 Å². The average molecular weight is 415 g/mol. The van der Waals surface area contributed by atoms with Crippen LogP contribution in [-0.4, -0.2) is 39.2 Å². The van der Waals surface area contributed by atoms with Gasteiger partial charge in [0.15, 0.2) is 11.5 Å². The van der Waals surface area contributed by atoms with Crippen molar-refractivity contribution in [1.29, 1.82) is 0 Å². The first kappa shape index (κ1) is 21.7. The summed E-state index contributed by atoms with van der Waals surface area (Å²) in [5, 5.41) is 3.26. The molecule has 0 radical (unpaired) electrons. The normalized spacial score (nSPS) is 20.9. The maximum Gasteiger partial charge on any atom is 0.336 e. The summed E-state index contributed by atoms with van der Waals surface area (Å²) in [5.74, 6) is -0.109. The van der Waals surface area contributed by atoms with Gasteiger partial charge in [0, 0.05) is 29.3 Å². The van der Waals surface area contributed by atoms with Crippen LogP contribution in [-0.2, 0) is 14.3 Å². The quantitative estimate of drug-likeness (QED) is 0.712. The molecule has 2 unspecified atom stereocenters. The molecular weight excluding hydrogens is 386 g/mol. The number of allylic oxidation sites excluding steroid dienone is 3. The van der Waals surface area contributed by atoms with Gasteiger partial charge in [0.2, 0.25) is 5.75 Å². The second-order valence-corrected chi connectivity index (χ2v) is 7.66. The van der Waals surface area contributed by atoms with E-state index in [9.17, 15) is 9.59 Å². The first-order chi connectivity index (χ1) is 14.3. The van der Waals surface area contributed by atoms with Crippen molar-refractivity contribution >= 4 is 11.8 Å². The van der Waals surface area contributed by atoms with Crippen LogP contribution in [0.3, 0.4) is 0 Å². The Morgan fingerprint density at radius 2 is 1.77 bits per heavy atom. The molecule has 30 heavy (non-hydrogen) atoms. The lowest BCUT2D eigenvalue weighted by Crippen LogP contribution is -2.41. The van der Waals surface area contributed by atoms with Crippen LogP contribution in [0.1, 0.15) is 45.1 Å². The van der Waals surface area contributed by atoms with Crippen LogP contribution in [0.5, 0.6) is 17.2 Å². The predicted octanol–water partition coefficient (Wildman–Crippen LogP) is 3.49. The highest BCUT2D eigenvalue weighted by Gasteiger charge is 2.45. The smallest absolute Gasteiger partial charge is 0.336 e. The monoisotopic (exact) mass is 415 g/mol. The van der Waals surface area contributed by atoms with Gasteiger partial charge < -0.3 is 24.3 Å². The molecule has 0 spiro atoms. The lowest BCUT2D eigenvalue weighted by atomic mass is 9.70. The van der Waals surface area contributed by atoms with Crippen molar-refractivity contribution in [3.8, 4) is 17.2 Å². The van der Waals surface area contributed by atoms with Crippen LogP contribution in [0.15, 0.2) is 35.2 Å². The molecule has 1 aromatic carbocycles. The summed E-state index contributed by atoms with van der Waals surface area (Å²) in [6, 6.07) is 3.59. The van der Waals surface area contributed by atoms with E-state index in [0.29, 0.717) is 46.9 Å². The molecule has 1 aliphatic heterocycles. The van der Waals surface area contributed by atoms with Gasteiger partial charge in [0.05, 0.1) is 38.9 Å². The van der Waals surface area contributed by atoms with Gasteiger partial charge in [0.25, 0.3) is 0 Å². The number of nitrogens with one attached hydrogen (secondary N) is 1. The van der Waals surface area contributed by atoms with Crippen LogP contribution in [0.4, 0.5) is 0 Å². The molecule has 1 aliphatic carbocycles. The van der Waals surface area contributed by atoms with Crippen LogP contribution in [0.2, 0.25) is 0 Å². The van der Waals surface area contributed by atoms with Crippen molar-refractivity contribution in [2.24, 2.45) is 5.92 Å². The van der Waals surface area contributed by atoms with Gasteiger partial charge in [-0.25, -0.2) is 4.79 Å². The highest BCUT2D eigenvalue weighted by Crippen LogP contribution is 2.50. The van der Waals surface area contributed by atoms with Gasteiger partial charge in [0.1, 0.15) is 5.78 Å². The average Bonchev–Trinajstić information content (AvgIpc) is 2.70. The van der Waals surface area contributed by atoms with E-state index >= 15 is 0 Å². The van der Waals surface area contributed by atoms with E-state index in [2.05, 4.69) is 5.32 Å². The predicted molar refractivity (Wildman–Crippen MR) is 112 cm³/mol. The molecule has 2 atom stereocenters. The number of benzene rings is 1. The molecule has 1 aromatic rings. The highest BCUT2D eigenvalue weighted by molar-refractivity contribution is 5.96. The zero-order valence-corrected chi connectivity index (χ0v) is 18.3. The molecule has 7 nitrogen and oxygen atoms in total. The maximum atomic E-state index is 13.1. The third-order valence-electron chi connectivity index (χ3n) is 5.45. The molecular formula is C23H29NO6. The van der Waals surface area contributed by atoms with Crippen LogP contribution in [0.25, 0.3) is 0 Å². The molecule has 1 heterocycles. The topological polar surface area (TPSA) is 83.1 Å². The molecule has 162 valence electrons. The van der Waals surface area contributed by atoms with Crippen molar-refractivity contribution in [2.45, 2.75) is 45.6 Å². The maximum absolute atomic E-state index is 13.1. The lowest BCUT2D eigenvalue weighted by Gasteiger charge is -2.38. The summed E-state index contributed by atoms with van der Waals surface area (Å²) in [6.07, 6.45) is 2.84. The van der Waals surface area contributed by atoms with Gasteiger partial charge in [-0.15, -0.1) is 0 Å². The van der Waals surface area contributed by atoms with Gasteiger partial charge >= 0.3 is 5.97 Å². The molecule has 0 fully saturated rings. The molecule has 0 bridgehead atoms. The minimum atomic E-state index is -0.564. The number of hydrogen-bond donors (Lipinski definition) is 1. The molecule has 0 aromatic heterocycles. The minimum Gasteiger partial charge on any atom is -0.493 e. The van der Waals surface area contributed by atoms with E-state index < -0.39 is 17.8 Å². The number of carbonyl (C=O) groups excluding carboxylic acids is 2. The van der Waals surface area contributed by atoms with E-state index in [-0.39, 0.29) is 11.9 Å². The van der Waals surface area contributed by atoms with Crippen LogP contribution < -0.4 is 19.5 Å². The number of methoxy groups -OCH3 is 3. The SMILES string of the molecule is COc1ccc(C2C(C(=O)OC(C)C)=C(C)NC3=CCCC(=O)C32)c(OC)c1OC. The second kappa shape index (κ2) is 8.81. The van der Waals surface area contributed by atoms with Crippen molar-refractivity contribution in [1.82, 2.24) is 5.32 Å². The summed E-state index contributed by atoms with van der Waals surface area (Å²) < 4.78 is 22.2. The van der Waals surface area contributed by atoms with Crippen molar-refractivity contribution < 1.29 is 28.5 Å². The Kier molecular flexibility index (Phi) is 6.39. The molecule has 7 heteroatoms. The highest BCUT2D eigenvalue weighted by atomic mass is 16.5. The Balaban J connectivity index is 2.27. The van der Waals surface area contributed by atoms with Crippen molar-refractivity contribution in [2.75, 3.05) is 21.3 Å². The number of esters is 1. The van der Waals surface area contributed by atoms with Crippen molar-refractivity contribution in [3.63, 3.8) is 0 Å². The molecule has 3 rings (SSSR count). The summed E-state index contributed by atoms with van der Waals surface area (Å²) in [7, 11) is 4.60. The number of carbonyl (C=O) groups is 2. The van der Waals surface area contributed by atoms with Crippen molar-refractivity contribution in [3.05, 3.63) is 40.7 Å². The lowest BCUT2D eigenvalue weighted by molar-refractivity contribution is -0.143. The number of ketones is 1. The zero-order valence-electron chi connectivity index (χ0n) is 18.3.